The average Bonchev–Trinajstić information content (AvgIpc) is 3.08. The van der Waals surface area contributed by atoms with Crippen LogP contribution in [0.4, 0.5) is 5.69 Å². The highest BCUT2D eigenvalue weighted by molar-refractivity contribution is 5.98. The van der Waals surface area contributed by atoms with Gasteiger partial charge < -0.3 is 4.90 Å². The van der Waals surface area contributed by atoms with E-state index >= 15 is 0 Å². The van der Waals surface area contributed by atoms with E-state index in [0.717, 1.165) is 13.1 Å². The minimum atomic E-state index is 0.802. The number of benzene rings is 1. The average molecular weight is 344 g/mol. The molecule has 0 bridgehead atoms. The minimum Gasteiger partial charge on any atom is -0.309 e. The van der Waals surface area contributed by atoms with E-state index in [2.05, 4.69) is 53.5 Å². The van der Waals surface area contributed by atoms with E-state index in [9.17, 15) is 0 Å². The quantitative estimate of drug-likeness (QED) is 0.421. The van der Waals surface area contributed by atoms with E-state index in [-0.39, 0.29) is 0 Å². The Labute approximate surface area is 154 Å². The van der Waals surface area contributed by atoms with Crippen molar-refractivity contribution in [3.8, 4) is 0 Å². The first-order valence-electron chi connectivity index (χ1n) is 10.4. The molecule has 1 aromatic rings. The summed E-state index contributed by atoms with van der Waals surface area (Å²) in [5, 5.41) is 4.50. The van der Waals surface area contributed by atoms with Gasteiger partial charge in [-0.1, -0.05) is 83.3 Å². The summed E-state index contributed by atoms with van der Waals surface area (Å²) in [5.74, 6) is 1.20. The highest BCUT2D eigenvalue weighted by Gasteiger charge is 2.17. The van der Waals surface area contributed by atoms with Crippen LogP contribution < -0.4 is 10.3 Å². The first-order chi connectivity index (χ1) is 12.3. The molecule has 0 radical (unpaired) electrons. The zero-order valence-electron chi connectivity index (χ0n) is 16.4. The predicted octanol–water partition coefficient (Wildman–Crippen LogP) is 6.38. The van der Waals surface area contributed by atoms with Crippen molar-refractivity contribution in [2.75, 3.05) is 11.6 Å². The van der Waals surface area contributed by atoms with E-state index in [1.807, 2.05) is 0 Å². The van der Waals surface area contributed by atoms with Gasteiger partial charge in [0.2, 0.25) is 0 Å². The van der Waals surface area contributed by atoms with Crippen molar-refractivity contribution >= 4 is 11.5 Å². The van der Waals surface area contributed by atoms with Crippen LogP contribution in [0.25, 0.3) is 0 Å². The fourth-order valence-electron chi connectivity index (χ4n) is 3.52. The number of nitrogens with zero attached hydrogens (tertiary/aromatic N) is 2. The molecule has 1 heterocycles. The largest absolute Gasteiger partial charge is 0.309 e. The SMILES string of the molecule is CCCCCCCCCCCCCC1=NNCN1c1cccc(C)c1. The molecule has 0 fully saturated rings. The smallest absolute Gasteiger partial charge is 0.130 e. The Morgan fingerprint density at radius 1 is 0.920 bits per heavy atom. The number of amidine groups is 1. The lowest BCUT2D eigenvalue weighted by Gasteiger charge is -2.19. The van der Waals surface area contributed by atoms with Gasteiger partial charge in [0.1, 0.15) is 12.5 Å². The Morgan fingerprint density at radius 3 is 2.20 bits per heavy atom. The minimum absolute atomic E-state index is 0.802. The zero-order chi connectivity index (χ0) is 17.7. The molecule has 2 rings (SSSR count). The molecule has 140 valence electrons. The molecule has 1 N–H and O–H groups in total. The highest BCUT2D eigenvalue weighted by atomic mass is 15.5. The molecule has 1 aliphatic heterocycles. The molecular formula is C22H37N3. The lowest BCUT2D eigenvalue weighted by molar-refractivity contribution is 0.551. The lowest BCUT2D eigenvalue weighted by atomic mass is 10.0. The van der Waals surface area contributed by atoms with Crippen LogP contribution in [0.2, 0.25) is 0 Å². The Morgan fingerprint density at radius 2 is 1.56 bits per heavy atom. The molecule has 1 aromatic carbocycles. The van der Waals surface area contributed by atoms with Gasteiger partial charge in [-0.25, -0.2) is 0 Å². The van der Waals surface area contributed by atoms with Crippen molar-refractivity contribution < 1.29 is 0 Å². The van der Waals surface area contributed by atoms with Gasteiger partial charge in [-0.2, -0.15) is 5.10 Å². The zero-order valence-corrected chi connectivity index (χ0v) is 16.4. The molecule has 3 nitrogen and oxygen atoms in total. The number of hydrazone groups is 1. The van der Waals surface area contributed by atoms with E-state index in [1.54, 1.807) is 0 Å². The Hall–Kier alpha value is -1.51. The summed E-state index contributed by atoms with van der Waals surface area (Å²) < 4.78 is 0. The second kappa shape index (κ2) is 11.9. The fourth-order valence-corrected chi connectivity index (χ4v) is 3.52. The van der Waals surface area contributed by atoms with Gasteiger partial charge in [0.05, 0.1) is 0 Å². The topological polar surface area (TPSA) is 27.6 Å². The molecule has 0 amide bonds. The number of hydrogen-bond donors (Lipinski definition) is 1. The first kappa shape index (κ1) is 19.8. The van der Waals surface area contributed by atoms with Crippen LogP contribution in [-0.2, 0) is 0 Å². The van der Waals surface area contributed by atoms with Crippen molar-refractivity contribution in [3.05, 3.63) is 29.8 Å². The van der Waals surface area contributed by atoms with Crippen molar-refractivity contribution in [2.45, 2.75) is 90.9 Å². The summed E-state index contributed by atoms with van der Waals surface area (Å²) in [6.07, 6.45) is 16.4. The van der Waals surface area contributed by atoms with Gasteiger partial charge >= 0.3 is 0 Å². The summed E-state index contributed by atoms with van der Waals surface area (Å²) in [5.41, 5.74) is 5.70. The van der Waals surface area contributed by atoms with Crippen LogP contribution in [0, 0.1) is 6.92 Å². The van der Waals surface area contributed by atoms with Crippen LogP contribution in [0.3, 0.4) is 0 Å². The molecule has 3 heteroatoms. The van der Waals surface area contributed by atoms with Crippen molar-refractivity contribution in [1.29, 1.82) is 0 Å². The molecule has 0 saturated carbocycles. The van der Waals surface area contributed by atoms with E-state index in [0.29, 0.717) is 0 Å². The monoisotopic (exact) mass is 343 g/mol. The lowest BCUT2D eigenvalue weighted by Crippen LogP contribution is -2.29. The predicted molar refractivity (Wildman–Crippen MR) is 110 cm³/mol. The summed E-state index contributed by atoms with van der Waals surface area (Å²) in [6, 6.07) is 8.69. The Bertz CT molecular complexity index is 510. The van der Waals surface area contributed by atoms with Crippen LogP contribution in [0.5, 0.6) is 0 Å². The summed E-state index contributed by atoms with van der Waals surface area (Å²) in [7, 11) is 0. The van der Waals surface area contributed by atoms with Crippen molar-refractivity contribution in [3.63, 3.8) is 0 Å². The molecule has 1 aliphatic rings. The highest BCUT2D eigenvalue weighted by Crippen LogP contribution is 2.20. The maximum absolute atomic E-state index is 4.50. The molecule has 0 aromatic heterocycles. The number of nitrogens with one attached hydrogen (secondary N) is 1. The molecular weight excluding hydrogens is 306 g/mol. The van der Waals surface area contributed by atoms with Gasteiger partial charge in [0, 0.05) is 12.1 Å². The molecule has 0 aliphatic carbocycles. The third kappa shape index (κ3) is 7.50. The number of rotatable bonds is 13. The molecule has 0 spiro atoms. The molecule has 25 heavy (non-hydrogen) atoms. The van der Waals surface area contributed by atoms with Gasteiger partial charge in [-0.3, -0.25) is 5.43 Å². The van der Waals surface area contributed by atoms with E-state index in [1.165, 1.54) is 87.7 Å². The van der Waals surface area contributed by atoms with Gasteiger partial charge in [-0.15, -0.1) is 0 Å². The van der Waals surface area contributed by atoms with Gasteiger partial charge in [-0.05, 0) is 31.0 Å². The van der Waals surface area contributed by atoms with Crippen LogP contribution >= 0.6 is 0 Å². The van der Waals surface area contributed by atoms with E-state index in [4.69, 9.17) is 0 Å². The normalized spacial score (nSPS) is 13.8. The van der Waals surface area contributed by atoms with Crippen molar-refractivity contribution in [1.82, 2.24) is 5.43 Å². The molecule has 0 saturated heterocycles. The summed E-state index contributed by atoms with van der Waals surface area (Å²) >= 11 is 0. The van der Waals surface area contributed by atoms with Crippen LogP contribution in [0.1, 0.15) is 89.5 Å². The fraction of sp³-hybridized carbons (Fsp3) is 0.682. The van der Waals surface area contributed by atoms with Crippen LogP contribution in [0.15, 0.2) is 29.4 Å². The summed E-state index contributed by atoms with van der Waals surface area (Å²) in [6.45, 7) is 5.23. The maximum Gasteiger partial charge on any atom is 0.130 e. The number of unbranched alkanes of at least 4 members (excludes halogenated alkanes) is 10. The second-order valence-corrected chi connectivity index (χ2v) is 7.40. The maximum atomic E-state index is 4.50. The van der Waals surface area contributed by atoms with Gasteiger partial charge in [0.15, 0.2) is 0 Å². The Kier molecular flexibility index (Phi) is 9.46. The number of anilines is 1. The molecule has 0 atom stereocenters. The van der Waals surface area contributed by atoms with Crippen molar-refractivity contribution in [2.24, 2.45) is 5.10 Å². The standard InChI is InChI=1S/C22H37N3/c1-3-4-5-6-7-8-9-10-11-12-13-17-22-24-23-19-25(22)21-16-14-15-20(2)18-21/h14-16,18,23H,3-13,17,19H2,1-2H3. The first-order valence-corrected chi connectivity index (χ1v) is 10.4. The third-order valence-electron chi connectivity index (χ3n) is 5.07. The second-order valence-electron chi connectivity index (χ2n) is 7.40. The van der Waals surface area contributed by atoms with Gasteiger partial charge in [0.25, 0.3) is 0 Å². The van der Waals surface area contributed by atoms with Crippen LogP contribution in [-0.4, -0.2) is 12.5 Å². The number of aryl methyl sites for hydroxylation is 1. The number of hydrogen-bond acceptors (Lipinski definition) is 3. The summed E-state index contributed by atoms with van der Waals surface area (Å²) in [4.78, 5) is 2.31. The third-order valence-corrected chi connectivity index (χ3v) is 5.07. The molecule has 0 unspecified atom stereocenters. The van der Waals surface area contributed by atoms with E-state index < -0.39 is 0 Å². The Balaban J connectivity index is 1.53.